The number of hydrogen-bond donors (Lipinski definition) is 0. The lowest BCUT2D eigenvalue weighted by Crippen LogP contribution is -2.20. The van der Waals surface area contributed by atoms with Crippen LogP contribution in [0.3, 0.4) is 0 Å². The molecular weight excluding hydrogens is 384 g/mol. The van der Waals surface area contributed by atoms with Gasteiger partial charge in [0.1, 0.15) is 23.5 Å². The number of ketones is 3. The summed E-state index contributed by atoms with van der Waals surface area (Å²) >= 11 is 0. The maximum absolute atomic E-state index is 11.8. The monoisotopic (exact) mass is 414 g/mol. The second-order valence-electron chi connectivity index (χ2n) is 6.80. The highest BCUT2D eigenvalue weighted by Gasteiger charge is 2.15. The zero-order chi connectivity index (χ0) is 22.4. The molecule has 0 rings (SSSR count). The molecule has 164 valence electrons. The van der Waals surface area contributed by atoms with Crippen molar-refractivity contribution in [2.24, 2.45) is 0 Å². The second kappa shape index (κ2) is 14.4. The van der Waals surface area contributed by atoms with Crippen molar-refractivity contribution in [1.29, 1.82) is 0 Å². The summed E-state index contributed by atoms with van der Waals surface area (Å²) in [5, 5.41) is 0. The molecule has 0 fully saturated rings. The highest BCUT2D eigenvalue weighted by atomic mass is 16.7. The smallest absolute Gasteiger partial charge is 0.309 e. The van der Waals surface area contributed by atoms with Crippen LogP contribution >= 0.6 is 0 Å². The van der Waals surface area contributed by atoms with Gasteiger partial charge in [0.15, 0.2) is 0 Å². The van der Waals surface area contributed by atoms with Crippen LogP contribution in [0.2, 0.25) is 0 Å². The molecule has 2 unspecified atom stereocenters. The fourth-order valence-electron chi connectivity index (χ4n) is 2.45. The Kier molecular flexibility index (Phi) is 13.1. The fourth-order valence-corrected chi connectivity index (χ4v) is 2.45. The number of Topliss-reactive ketones (excluding diaryl/α,β-unsaturated/α-hetero) is 3. The Morgan fingerprint density at radius 1 is 0.655 bits per heavy atom. The van der Waals surface area contributed by atoms with E-state index in [-0.39, 0.29) is 62.3 Å². The van der Waals surface area contributed by atoms with E-state index in [0.717, 1.165) is 0 Å². The van der Waals surface area contributed by atoms with Gasteiger partial charge in [0.2, 0.25) is 6.29 Å². The van der Waals surface area contributed by atoms with Gasteiger partial charge >= 0.3 is 17.9 Å². The Bertz CT molecular complexity index is 557. The van der Waals surface area contributed by atoms with Gasteiger partial charge in [-0.05, 0) is 20.3 Å². The van der Waals surface area contributed by atoms with E-state index in [4.69, 9.17) is 9.47 Å². The van der Waals surface area contributed by atoms with Crippen LogP contribution in [0.1, 0.15) is 79.1 Å². The van der Waals surface area contributed by atoms with E-state index in [2.05, 4.69) is 4.74 Å². The van der Waals surface area contributed by atoms with Crippen molar-refractivity contribution in [3.63, 3.8) is 0 Å². The van der Waals surface area contributed by atoms with Gasteiger partial charge in [0, 0.05) is 46.0 Å². The molecule has 0 aromatic heterocycles. The van der Waals surface area contributed by atoms with Crippen molar-refractivity contribution >= 4 is 35.3 Å². The van der Waals surface area contributed by atoms with Crippen LogP contribution in [-0.4, -0.2) is 47.7 Å². The third kappa shape index (κ3) is 16.1. The number of carbonyl (C=O) groups excluding carboxylic acids is 6. The number of rotatable bonds is 15. The van der Waals surface area contributed by atoms with Crippen LogP contribution in [0.25, 0.3) is 0 Å². The Hall–Kier alpha value is -2.58. The van der Waals surface area contributed by atoms with Crippen LogP contribution in [0.15, 0.2) is 0 Å². The zero-order valence-electron chi connectivity index (χ0n) is 17.5. The second-order valence-corrected chi connectivity index (χ2v) is 6.80. The van der Waals surface area contributed by atoms with Crippen LogP contribution in [0, 0.1) is 0 Å². The molecule has 0 bridgehead atoms. The minimum atomic E-state index is -1.01. The molecule has 0 radical (unpaired) electrons. The van der Waals surface area contributed by atoms with Crippen molar-refractivity contribution in [3.8, 4) is 0 Å². The minimum absolute atomic E-state index is 0.0141. The van der Waals surface area contributed by atoms with Crippen molar-refractivity contribution in [2.45, 2.75) is 91.5 Å². The van der Waals surface area contributed by atoms with Gasteiger partial charge in [-0.2, -0.15) is 0 Å². The van der Waals surface area contributed by atoms with E-state index in [9.17, 15) is 28.8 Å². The van der Waals surface area contributed by atoms with Crippen LogP contribution < -0.4 is 0 Å². The largest absolute Gasteiger partial charge is 0.462 e. The van der Waals surface area contributed by atoms with Gasteiger partial charge in [-0.1, -0.05) is 0 Å². The molecule has 0 aliphatic rings. The van der Waals surface area contributed by atoms with Crippen molar-refractivity contribution in [2.75, 3.05) is 0 Å². The highest BCUT2D eigenvalue weighted by Crippen LogP contribution is 2.08. The molecule has 0 N–H and O–H groups in total. The Labute approximate surface area is 170 Å². The number of ether oxygens (including phenoxy) is 3. The third-order valence-corrected chi connectivity index (χ3v) is 3.66. The lowest BCUT2D eigenvalue weighted by atomic mass is 10.1. The lowest BCUT2D eigenvalue weighted by Gasteiger charge is -2.12. The summed E-state index contributed by atoms with van der Waals surface area (Å²) < 4.78 is 14.5. The Morgan fingerprint density at radius 3 is 1.59 bits per heavy atom. The van der Waals surface area contributed by atoms with E-state index in [1.54, 1.807) is 6.92 Å². The highest BCUT2D eigenvalue weighted by molar-refractivity contribution is 5.85. The van der Waals surface area contributed by atoms with Crippen molar-refractivity contribution in [3.05, 3.63) is 0 Å². The van der Waals surface area contributed by atoms with Crippen LogP contribution in [0.5, 0.6) is 0 Å². The summed E-state index contributed by atoms with van der Waals surface area (Å²) in [6.07, 6.45) is -0.996. The van der Waals surface area contributed by atoms with E-state index in [1.165, 1.54) is 20.8 Å². The van der Waals surface area contributed by atoms with Crippen molar-refractivity contribution < 1.29 is 43.0 Å². The summed E-state index contributed by atoms with van der Waals surface area (Å²) in [5.74, 6) is -2.20. The quantitative estimate of drug-likeness (QED) is 0.292. The average Bonchev–Trinajstić information content (AvgIpc) is 2.56. The maximum atomic E-state index is 11.8. The summed E-state index contributed by atoms with van der Waals surface area (Å²) in [4.78, 5) is 68.3. The molecule has 0 amide bonds. The lowest BCUT2D eigenvalue weighted by molar-refractivity contribution is -0.183. The number of esters is 3. The Balaban J connectivity index is 3.89. The van der Waals surface area contributed by atoms with Gasteiger partial charge in [0.25, 0.3) is 0 Å². The predicted octanol–water partition coefficient (Wildman–Crippen LogP) is 2.22. The molecule has 0 aliphatic carbocycles. The predicted molar refractivity (Wildman–Crippen MR) is 101 cm³/mol. The molecule has 2 atom stereocenters. The average molecular weight is 414 g/mol. The molecule has 9 heteroatoms. The molecule has 0 aromatic rings. The summed E-state index contributed by atoms with van der Waals surface area (Å²) in [7, 11) is 0. The maximum Gasteiger partial charge on any atom is 0.309 e. The number of carbonyl (C=O) groups is 6. The third-order valence-electron chi connectivity index (χ3n) is 3.66. The minimum Gasteiger partial charge on any atom is -0.462 e. The zero-order valence-corrected chi connectivity index (χ0v) is 17.5. The van der Waals surface area contributed by atoms with E-state index < -0.39 is 30.3 Å². The van der Waals surface area contributed by atoms with Crippen LogP contribution in [0.4, 0.5) is 0 Å². The topological polar surface area (TPSA) is 130 Å². The van der Waals surface area contributed by atoms with Crippen molar-refractivity contribution in [1.82, 2.24) is 0 Å². The first-order chi connectivity index (χ1) is 13.5. The molecule has 9 nitrogen and oxygen atoms in total. The molecule has 0 aromatic carbocycles. The number of hydrogen-bond acceptors (Lipinski definition) is 9. The van der Waals surface area contributed by atoms with Gasteiger partial charge in [-0.25, -0.2) is 0 Å². The molecule has 0 saturated carbocycles. The first-order valence-electron chi connectivity index (χ1n) is 9.58. The fraction of sp³-hybridized carbons (Fsp3) is 0.700. The summed E-state index contributed by atoms with van der Waals surface area (Å²) in [5.41, 5.74) is 0. The van der Waals surface area contributed by atoms with Gasteiger partial charge in [-0.15, -0.1) is 0 Å². The van der Waals surface area contributed by atoms with Crippen LogP contribution in [-0.2, 0) is 43.0 Å². The van der Waals surface area contributed by atoms with E-state index in [0.29, 0.717) is 6.42 Å². The first-order valence-corrected chi connectivity index (χ1v) is 9.58. The first kappa shape index (κ1) is 26.4. The van der Waals surface area contributed by atoms with Gasteiger partial charge in [0.05, 0.1) is 12.8 Å². The standard InChI is InChI=1S/C20H30O9/c1-13(21)12-14(2)27-19(25)10-8-17(23)6-5-7-18(24)9-11-20(26)29-16(4)28-15(3)22/h14,16H,5-12H2,1-4H3. The summed E-state index contributed by atoms with van der Waals surface area (Å²) in [6, 6.07) is 0. The SMILES string of the molecule is CC(=O)CC(C)OC(=O)CCC(=O)CCCC(=O)CCC(=O)OC(C)OC(C)=O. The molecule has 0 spiro atoms. The molecule has 0 saturated heterocycles. The van der Waals surface area contributed by atoms with Gasteiger partial charge < -0.3 is 14.2 Å². The molecule has 0 heterocycles. The molecule has 0 aliphatic heterocycles. The summed E-state index contributed by atoms with van der Waals surface area (Å²) in [6.45, 7) is 5.60. The van der Waals surface area contributed by atoms with Gasteiger partial charge in [-0.3, -0.25) is 28.8 Å². The normalized spacial score (nSPS) is 12.4. The molecule has 29 heavy (non-hydrogen) atoms. The molecular formula is C20H30O9. The van der Waals surface area contributed by atoms with E-state index >= 15 is 0 Å². The Morgan fingerprint density at radius 2 is 1.14 bits per heavy atom. The van der Waals surface area contributed by atoms with E-state index in [1.807, 2.05) is 0 Å².